The Morgan fingerprint density at radius 3 is 1.90 bits per heavy atom. The van der Waals surface area contributed by atoms with E-state index in [0.717, 1.165) is 0 Å². The second-order valence-corrected chi connectivity index (χ2v) is 1.96. The zero-order chi connectivity index (χ0) is 7.72. The molecule has 1 saturated heterocycles. The van der Waals surface area contributed by atoms with Crippen LogP contribution in [0.5, 0.6) is 0 Å². The Kier molecular flexibility index (Phi) is 1.41. The van der Waals surface area contributed by atoms with Crippen LogP contribution >= 0.6 is 0 Å². The van der Waals surface area contributed by atoms with Crippen LogP contribution in [0, 0.1) is 0 Å². The van der Waals surface area contributed by atoms with Gasteiger partial charge < -0.3 is 5.73 Å². The van der Waals surface area contributed by atoms with E-state index in [1.165, 1.54) is 0 Å². The van der Waals surface area contributed by atoms with Crippen LogP contribution in [0.15, 0.2) is 0 Å². The maximum atomic E-state index is 10.6. The SMILES string of the molecule is NC(=O)N1C(=O)CCC1=O. The highest BCUT2D eigenvalue weighted by Crippen LogP contribution is 2.10. The summed E-state index contributed by atoms with van der Waals surface area (Å²) in [7, 11) is 0. The van der Waals surface area contributed by atoms with Gasteiger partial charge in [-0.3, -0.25) is 9.59 Å². The van der Waals surface area contributed by atoms with Crippen molar-refractivity contribution in [2.45, 2.75) is 12.8 Å². The van der Waals surface area contributed by atoms with Gasteiger partial charge in [-0.1, -0.05) is 0 Å². The molecule has 0 spiro atoms. The highest BCUT2D eigenvalue weighted by atomic mass is 16.2. The van der Waals surface area contributed by atoms with Crippen LogP contribution in [0.2, 0.25) is 0 Å². The van der Waals surface area contributed by atoms with E-state index < -0.39 is 17.8 Å². The minimum absolute atomic E-state index is 0.0990. The van der Waals surface area contributed by atoms with E-state index >= 15 is 0 Å². The third kappa shape index (κ3) is 0.854. The van der Waals surface area contributed by atoms with Gasteiger partial charge in [0.2, 0.25) is 11.8 Å². The number of carbonyl (C=O) groups is 3. The van der Waals surface area contributed by atoms with Crippen LogP contribution in [0.4, 0.5) is 4.79 Å². The molecule has 2 N–H and O–H groups in total. The van der Waals surface area contributed by atoms with Crippen molar-refractivity contribution in [2.75, 3.05) is 0 Å². The number of rotatable bonds is 0. The van der Waals surface area contributed by atoms with Crippen molar-refractivity contribution < 1.29 is 14.4 Å². The molecule has 0 atom stereocenters. The molecule has 0 radical (unpaired) electrons. The van der Waals surface area contributed by atoms with Crippen LogP contribution in [0.1, 0.15) is 12.8 Å². The third-order valence-electron chi connectivity index (χ3n) is 1.27. The summed E-state index contributed by atoms with van der Waals surface area (Å²) < 4.78 is 0. The van der Waals surface area contributed by atoms with Crippen molar-refractivity contribution in [1.29, 1.82) is 0 Å². The first kappa shape index (κ1) is 6.73. The van der Waals surface area contributed by atoms with Gasteiger partial charge in [-0.05, 0) is 0 Å². The van der Waals surface area contributed by atoms with Gasteiger partial charge in [0.15, 0.2) is 0 Å². The van der Waals surface area contributed by atoms with Crippen molar-refractivity contribution in [3.05, 3.63) is 0 Å². The molecule has 0 bridgehead atoms. The Bertz CT molecular complexity index is 195. The molecule has 0 unspecified atom stereocenters. The lowest BCUT2D eigenvalue weighted by Gasteiger charge is -2.05. The molecular formula is C5H6N2O3. The van der Waals surface area contributed by atoms with Crippen LogP contribution in [0.3, 0.4) is 0 Å². The van der Waals surface area contributed by atoms with Crippen molar-refractivity contribution >= 4 is 17.8 Å². The van der Waals surface area contributed by atoms with E-state index in [-0.39, 0.29) is 12.8 Å². The Labute approximate surface area is 56.8 Å². The monoisotopic (exact) mass is 142 g/mol. The van der Waals surface area contributed by atoms with Gasteiger partial charge in [0.05, 0.1) is 0 Å². The fourth-order valence-corrected chi connectivity index (χ4v) is 0.822. The van der Waals surface area contributed by atoms with Gasteiger partial charge in [-0.15, -0.1) is 0 Å². The number of carbonyl (C=O) groups excluding carboxylic acids is 3. The molecule has 0 saturated carbocycles. The summed E-state index contributed by atoms with van der Waals surface area (Å²) >= 11 is 0. The molecule has 10 heavy (non-hydrogen) atoms. The van der Waals surface area contributed by atoms with Crippen molar-refractivity contribution in [3.63, 3.8) is 0 Å². The minimum atomic E-state index is -0.979. The van der Waals surface area contributed by atoms with Crippen LogP contribution < -0.4 is 5.73 Å². The van der Waals surface area contributed by atoms with Gasteiger partial charge in [0.1, 0.15) is 0 Å². The number of amides is 4. The molecule has 1 fully saturated rings. The average molecular weight is 142 g/mol. The zero-order valence-electron chi connectivity index (χ0n) is 5.16. The molecule has 1 aliphatic rings. The second-order valence-electron chi connectivity index (χ2n) is 1.96. The van der Waals surface area contributed by atoms with Gasteiger partial charge >= 0.3 is 6.03 Å². The predicted molar refractivity (Wildman–Crippen MR) is 30.7 cm³/mol. The number of nitrogens with zero attached hydrogens (tertiary/aromatic N) is 1. The van der Waals surface area contributed by atoms with E-state index in [1.807, 2.05) is 0 Å². The Morgan fingerprint density at radius 2 is 1.70 bits per heavy atom. The summed E-state index contributed by atoms with van der Waals surface area (Å²) in [4.78, 5) is 32.1. The molecule has 0 aliphatic carbocycles. The van der Waals surface area contributed by atoms with Crippen molar-refractivity contribution in [2.24, 2.45) is 5.73 Å². The number of imide groups is 3. The lowest BCUT2D eigenvalue weighted by atomic mass is 10.4. The number of primary amides is 1. The Balaban J connectivity index is 2.82. The van der Waals surface area contributed by atoms with E-state index in [1.54, 1.807) is 0 Å². The zero-order valence-corrected chi connectivity index (χ0v) is 5.16. The summed E-state index contributed by atoms with van der Waals surface area (Å²) in [5, 5.41) is 0. The summed E-state index contributed by atoms with van der Waals surface area (Å²) in [5.41, 5.74) is 4.72. The minimum Gasteiger partial charge on any atom is -0.351 e. The number of urea groups is 1. The fraction of sp³-hybridized carbons (Fsp3) is 0.400. The molecule has 1 rings (SSSR count). The molecule has 0 aromatic rings. The maximum absolute atomic E-state index is 10.6. The summed E-state index contributed by atoms with van der Waals surface area (Å²) in [6.45, 7) is 0. The summed E-state index contributed by atoms with van der Waals surface area (Å²) in [6, 6.07) is -0.979. The smallest absolute Gasteiger partial charge is 0.328 e. The van der Waals surface area contributed by atoms with Gasteiger partial charge in [0.25, 0.3) is 0 Å². The van der Waals surface area contributed by atoms with Crippen LogP contribution in [0.25, 0.3) is 0 Å². The van der Waals surface area contributed by atoms with E-state index in [9.17, 15) is 14.4 Å². The Morgan fingerprint density at radius 1 is 1.30 bits per heavy atom. The standard InChI is InChI=1S/C5H6N2O3/c6-5(10)7-3(8)1-2-4(7)9/h1-2H2,(H2,6,10). The fourth-order valence-electron chi connectivity index (χ4n) is 0.822. The van der Waals surface area contributed by atoms with Gasteiger partial charge in [0, 0.05) is 12.8 Å². The summed E-state index contributed by atoms with van der Waals surface area (Å²) in [5.74, 6) is -1.00. The molecule has 1 aliphatic heterocycles. The molecule has 4 amide bonds. The average Bonchev–Trinajstić information content (AvgIpc) is 2.11. The molecule has 0 aromatic carbocycles. The molecule has 0 aromatic heterocycles. The first-order valence-corrected chi connectivity index (χ1v) is 2.78. The molecular weight excluding hydrogens is 136 g/mol. The molecule has 1 heterocycles. The van der Waals surface area contributed by atoms with Crippen molar-refractivity contribution in [1.82, 2.24) is 4.90 Å². The van der Waals surface area contributed by atoms with Gasteiger partial charge in [-0.2, -0.15) is 0 Å². The Hall–Kier alpha value is -1.39. The summed E-state index contributed by atoms with van der Waals surface area (Å²) in [6.07, 6.45) is 0.198. The van der Waals surface area contributed by atoms with Gasteiger partial charge in [-0.25, -0.2) is 9.69 Å². The second kappa shape index (κ2) is 2.09. The van der Waals surface area contributed by atoms with E-state index in [0.29, 0.717) is 4.90 Å². The highest BCUT2D eigenvalue weighted by molar-refractivity contribution is 6.14. The third-order valence-corrected chi connectivity index (χ3v) is 1.27. The van der Waals surface area contributed by atoms with Crippen LogP contribution in [-0.4, -0.2) is 22.7 Å². The topological polar surface area (TPSA) is 80.5 Å². The predicted octanol–water partition coefficient (Wildman–Crippen LogP) is -0.786. The normalized spacial score (nSPS) is 18.2. The van der Waals surface area contributed by atoms with E-state index in [4.69, 9.17) is 5.73 Å². The number of hydrogen-bond acceptors (Lipinski definition) is 3. The first-order valence-electron chi connectivity index (χ1n) is 2.78. The lowest BCUT2D eigenvalue weighted by molar-refractivity contribution is -0.134. The number of likely N-dealkylation sites (tertiary alicyclic amines) is 1. The van der Waals surface area contributed by atoms with Crippen molar-refractivity contribution in [3.8, 4) is 0 Å². The molecule has 5 nitrogen and oxygen atoms in total. The largest absolute Gasteiger partial charge is 0.351 e. The maximum Gasteiger partial charge on any atom is 0.328 e. The first-order chi connectivity index (χ1) is 4.63. The highest BCUT2D eigenvalue weighted by Gasteiger charge is 2.32. The number of hydrogen-bond donors (Lipinski definition) is 1. The number of nitrogens with two attached hydrogens (primary N) is 1. The molecule has 5 heteroatoms. The quantitative estimate of drug-likeness (QED) is 0.450. The lowest BCUT2D eigenvalue weighted by Crippen LogP contribution is -2.39. The van der Waals surface area contributed by atoms with Crippen LogP contribution in [-0.2, 0) is 9.59 Å². The molecule has 54 valence electrons. The van der Waals surface area contributed by atoms with E-state index in [2.05, 4.69) is 0 Å².